The molecule has 4 N–H and O–H groups in total. The summed E-state index contributed by atoms with van der Waals surface area (Å²) in [5, 5.41) is 15.0. The highest BCUT2D eigenvalue weighted by Crippen LogP contribution is 2.38. The molecular weight excluding hydrogens is 524 g/mol. The molecule has 11 nitrogen and oxygen atoms in total. The van der Waals surface area contributed by atoms with Gasteiger partial charge in [-0.15, -0.1) is 0 Å². The van der Waals surface area contributed by atoms with Crippen LogP contribution < -0.4 is 25.3 Å². The van der Waals surface area contributed by atoms with Crippen LogP contribution >= 0.6 is 0 Å². The van der Waals surface area contributed by atoms with Crippen molar-refractivity contribution in [2.24, 2.45) is 10.7 Å². The first-order valence-electron chi connectivity index (χ1n) is 13.2. The van der Waals surface area contributed by atoms with E-state index in [9.17, 15) is 9.90 Å². The lowest BCUT2D eigenvalue weighted by atomic mass is 9.96. The third kappa shape index (κ3) is 7.12. The molecule has 1 fully saturated rings. The van der Waals surface area contributed by atoms with E-state index in [2.05, 4.69) is 26.9 Å². The van der Waals surface area contributed by atoms with E-state index < -0.39 is 5.60 Å². The van der Waals surface area contributed by atoms with Crippen LogP contribution in [0.5, 0.6) is 17.2 Å². The summed E-state index contributed by atoms with van der Waals surface area (Å²) in [6.07, 6.45) is 7.15. The van der Waals surface area contributed by atoms with Crippen molar-refractivity contribution in [2.45, 2.75) is 38.4 Å². The van der Waals surface area contributed by atoms with E-state index in [0.29, 0.717) is 71.2 Å². The number of hydrogen-bond acceptors (Lipinski definition) is 10. The van der Waals surface area contributed by atoms with Crippen molar-refractivity contribution in [3.05, 3.63) is 66.8 Å². The number of carbonyl (C=O) groups is 1. The Hall–Kier alpha value is -4.64. The molecule has 0 saturated carbocycles. The lowest BCUT2D eigenvalue weighted by Gasteiger charge is -2.31. The zero-order valence-corrected chi connectivity index (χ0v) is 23.8. The number of aliphatic hydroxyl groups is 1. The molecule has 11 heteroatoms. The second kappa shape index (κ2) is 12.7. The highest BCUT2D eigenvalue weighted by atomic mass is 16.5. The van der Waals surface area contributed by atoms with Gasteiger partial charge in [0.15, 0.2) is 17.4 Å². The van der Waals surface area contributed by atoms with Gasteiger partial charge in [-0.25, -0.2) is 9.97 Å². The number of hydrogen-bond donors (Lipinski definition) is 3. The molecule has 0 unspecified atom stereocenters. The molecule has 0 aliphatic carbocycles. The number of amides is 1. The van der Waals surface area contributed by atoms with Gasteiger partial charge in [-0.1, -0.05) is 6.58 Å². The molecule has 0 radical (unpaired) electrons. The summed E-state index contributed by atoms with van der Waals surface area (Å²) in [5.74, 6) is 2.17. The minimum absolute atomic E-state index is 0.0736. The van der Waals surface area contributed by atoms with Gasteiger partial charge in [-0.3, -0.25) is 9.79 Å². The summed E-state index contributed by atoms with van der Waals surface area (Å²) >= 11 is 0. The molecule has 2 aromatic carbocycles. The monoisotopic (exact) mass is 560 g/mol. The largest absolute Gasteiger partial charge is 0.493 e. The standard InChI is InChI=1S/C30H36N6O5/c1-6-28(37)36-13-10-19(11-14-36)40-26-16-21-24(17-25(26)39-5)33-18-34-29(21)35-23-8-7-20(15-22(23)30(2,3)38)41-27(31)9-12-32-4/h6-9,12,15-19,38H,1,10-11,13-14,31H2,2-5H3,(H,33,34,35). The molecule has 0 atom stereocenters. The van der Waals surface area contributed by atoms with E-state index in [0.717, 1.165) is 0 Å². The van der Waals surface area contributed by atoms with Gasteiger partial charge in [0.25, 0.3) is 0 Å². The van der Waals surface area contributed by atoms with Gasteiger partial charge < -0.3 is 35.3 Å². The molecule has 1 aliphatic rings. The molecular formula is C30H36N6O5. The maximum atomic E-state index is 11.9. The van der Waals surface area contributed by atoms with E-state index in [1.54, 1.807) is 63.2 Å². The molecule has 1 amide bonds. The van der Waals surface area contributed by atoms with E-state index >= 15 is 0 Å². The molecule has 216 valence electrons. The quantitative estimate of drug-likeness (QED) is 0.190. The number of fused-ring (bicyclic) bond motifs is 1. The van der Waals surface area contributed by atoms with Crippen LogP contribution in [0.25, 0.3) is 10.9 Å². The third-order valence-corrected chi connectivity index (χ3v) is 6.67. The van der Waals surface area contributed by atoms with E-state index in [1.807, 2.05) is 6.07 Å². The number of nitrogens with zero attached hydrogens (tertiary/aromatic N) is 4. The highest BCUT2D eigenvalue weighted by Gasteiger charge is 2.25. The van der Waals surface area contributed by atoms with Gasteiger partial charge in [0.05, 0.1) is 18.2 Å². The van der Waals surface area contributed by atoms with Crippen LogP contribution in [-0.2, 0) is 10.4 Å². The van der Waals surface area contributed by atoms with Crippen molar-refractivity contribution in [1.29, 1.82) is 0 Å². The SMILES string of the molecule is C=CC(=O)N1CCC(Oc2cc3c(Nc4ccc(OC(N)=CC=NC)cc4C(C)(C)O)ncnc3cc2OC)CC1. The maximum absolute atomic E-state index is 11.9. The number of aliphatic imine (C=N–C) groups is 1. The average molecular weight is 561 g/mol. The number of likely N-dealkylation sites (tertiary alicyclic amines) is 1. The Balaban J connectivity index is 1.64. The molecule has 1 saturated heterocycles. The van der Waals surface area contributed by atoms with Gasteiger partial charge in [0.1, 0.15) is 24.0 Å². The highest BCUT2D eigenvalue weighted by molar-refractivity contribution is 5.93. The minimum atomic E-state index is -1.22. The number of nitrogens with two attached hydrogens (primary N) is 1. The second-order valence-corrected chi connectivity index (χ2v) is 10.1. The van der Waals surface area contributed by atoms with Crippen molar-refractivity contribution in [1.82, 2.24) is 14.9 Å². The molecule has 3 aromatic rings. The topological polar surface area (TPSA) is 144 Å². The Morgan fingerprint density at radius 2 is 1.98 bits per heavy atom. The van der Waals surface area contributed by atoms with Crippen molar-refractivity contribution < 1.29 is 24.1 Å². The Morgan fingerprint density at radius 3 is 2.63 bits per heavy atom. The van der Waals surface area contributed by atoms with Crippen LogP contribution in [0.3, 0.4) is 0 Å². The first-order chi connectivity index (χ1) is 19.6. The van der Waals surface area contributed by atoms with Crippen LogP contribution in [0.15, 0.2) is 66.3 Å². The average Bonchev–Trinajstić information content (AvgIpc) is 2.96. The summed E-state index contributed by atoms with van der Waals surface area (Å²) in [6.45, 7) is 8.12. The van der Waals surface area contributed by atoms with Crippen molar-refractivity contribution in [3.63, 3.8) is 0 Å². The third-order valence-electron chi connectivity index (χ3n) is 6.67. The Labute approximate surface area is 239 Å². The number of anilines is 2. The number of nitrogens with one attached hydrogen (secondary N) is 1. The first-order valence-corrected chi connectivity index (χ1v) is 13.2. The number of aromatic nitrogens is 2. The lowest BCUT2D eigenvalue weighted by molar-refractivity contribution is -0.127. The Kier molecular flexibility index (Phi) is 9.08. The molecule has 2 heterocycles. The van der Waals surface area contributed by atoms with Crippen molar-refractivity contribution >= 4 is 34.5 Å². The fourth-order valence-electron chi connectivity index (χ4n) is 4.57. The van der Waals surface area contributed by atoms with Gasteiger partial charge in [-0.2, -0.15) is 0 Å². The van der Waals surface area contributed by atoms with Crippen LogP contribution in [0.2, 0.25) is 0 Å². The van der Waals surface area contributed by atoms with Gasteiger partial charge >= 0.3 is 0 Å². The number of methoxy groups -OCH3 is 1. The van der Waals surface area contributed by atoms with E-state index in [4.69, 9.17) is 19.9 Å². The number of benzene rings is 2. The summed E-state index contributed by atoms with van der Waals surface area (Å²) in [6, 6.07) is 8.90. The van der Waals surface area contributed by atoms with Crippen LogP contribution in [0, 0.1) is 0 Å². The number of rotatable bonds is 10. The predicted octanol–water partition coefficient (Wildman–Crippen LogP) is 4.04. The molecule has 41 heavy (non-hydrogen) atoms. The number of ether oxygens (including phenoxy) is 3. The molecule has 0 bridgehead atoms. The molecule has 1 aromatic heterocycles. The summed E-state index contributed by atoms with van der Waals surface area (Å²) < 4.78 is 17.7. The van der Waals surface area contributed by atoms with Crippen LogP contribution in [-0.4, -0.2) is 65.4 Å². The fourth-order valence-corrected chi connectivity index (χ4v) is 4.57. The maximum Gasteiger partial charge on any atom is 0.245 e. The van der Waals surface area contributed by atoms with Crippen LogP contribution in [0.4, 0.5) is 11.5 Å². The van der Waals surface area contributed by atoms with Crippen molar-refractivity contribution in [3.8, 4) is 17.2 Å². The second-order valence-electron chi connectivity index (χ2n) is 10.1. The number of allylic oxidation sites excluding steroid dienone is 1. The minimum Gasteiger partial charge on any atom is -0.493 e. The summed E-state index contributed by atoms with van der Waals surface area (Å²) in [7, 11) is 3.21. The van der Waals surface area contributed by atoms with Crippen LogP contribution in [0.1, 0.15) is 32.3 Å². The zero-order chi connectivity index (χ0) is 29.6. The van der Waals surface area contributed by atoms with E-state index in [-0.39, 0.29) is 17.9 Å². The van der Waals surface area contributed by atoms with Gasteiger partial charge in [0.2, 0.25) is 5.91 Å². The normalized spacial score (nSPS) is 14.8. The first kappa shape index (κ1) is 29.3. The summed E-state index contributed by atoms with van der Waals surface area (Å²) in [5.41, 5.74) is 6.55. The zero-order valence-electron chi connectivity index (χ0n) is 23.8. The molecule has 0 spiro atoms. The Morgan fingerprint density at radius 1 is 1.22 bits per heavy atom. The molecule has 1 aliphatic heterocycles. The van der Waals surface area contributed by atoms with Gasteiger partial charge in [-0.05, 0) is 44.2 Å². The summed E-state index contributed by atoms with van der Waals surface area (Å²) in [4.78, 5) is 26.5. The Bertz CT molecular complexity index is 1470. The number of piperidine rings is 1. The molecule has 4 rings (SSSR count). The fraction of sp³-hybridized carbons (Fsp3) is 0.333. The predicted molar refractivity (Wildman–Crippen MR) is 159 cm³/mol. The smallest absolute Gasteiger partial charge is 0.245 e. The van der Waals surface area contributed by atoms with Crippen molar-refractivity contribution in [2.75, 3.05) is 32.6 Å². The van der Waals surface area contributed by atoms with Gasteiger partial charge in [0, 0.05) is 68.0 Å². The number of carbonyl (C=O) groups excluding carboxylic acids is 1. The lowest BCUT2D eigenvalue weighted by Crippen LogP contribution is -2.41. The van der Waals surface area contributed by atoms with E-state index in [1.165, 1.54) is 18.6 Å².